The molecular formula is C16H20N2O5S. The molecule has 1 aromatic heterocycles. The van der Waals surface area contributed by atoms with Gasteiger partial charge in [-0.2, -0.15) is 0 Å². The van der Waals surface area contributed by atoms with E-state index in [9.17, 15) is 13.2 Å². The van der Waals surface area contributed by atoms with Crippen LogP contribution in [0.3, 0.4) is 0 Å². The van der Waals surface area contributed by atoms with E-state index >= 15 is 0 Å². The van der Waals surface area contributed by atoms with Crippen LogP contribution in [0.25, 0.3) is 0 Å². The second kappa shape index (κ2) is 6.66. The molecule has 2 aromatic rings. The Bertz CT molecular complexity index is 884. The van der Waals surface area contributed by atoms with Crippen LogP contribution in [0.4, 0.5) is 0 Å². The fourth-order valence-electron chi connectivity index (χ4n) is 2.36. The molecule has 0 aliphatic heterocycles. The average molecular weight is 352 g/mol. The maximum Gasteiger partial charge on any atom is 0.269 e. The molecular weight excluding hydrogens is 332 g/mol. The standard InChI is InChI=1S/C16H20N2O5S/c1-9-7-15(10(2)6-14(9)22-5)24(20,21)18-17-16(19)13-8-11(3)23-12(13)4/h6-8,18H,1-5H3,(H,17,19). The van der Waals surface area contributed by atoms with Gasteiger partial charge in [-0.15, -0.1) is 4.83 Å². The van der Waals surface area contributed by atoms with Gasteiger partial charge in [-0.05, 0) is 57.0 Å². The number of furan rings is 1. The Morgan fingerprint density at radius 3 is 2.29 bits per heavy atom. The van der Waals surface area contributed by atoms with Crippen LogP contribution in [-0.2, 0) is 10.0 Å². The molecule has 0 unspecified atom stereocenters. The molecule has 2 rings (SSSR count). The number of carbonyl (C=O) groups is 1. The summed E-state index contributed by atoms with van der Waals surface area (Å²) in [6.07, 6.45) is 0. The highest BCUT2D eigenvalue weighted by molar-refractivity contribution is 7.89. The molecule has 0 aliphatic carbocycles. The van der Waals surface area contributed by atoms with Crippen LogP contribution >= 0.6 is 0 Å². The molecule has 0 spiro atoms. The zero-order valence-corrected chi connectivity index (χ0v) is 15.0. The first-order chi connectivity index (χ1) is 11.2. The van der Waals surface area contributed by atoms with Crippen LogP contribution in [0.1, 0.15) is 33.0 Å². The summed E-state index contributed by atoms with van der Waals surface area (Å²) in [5, 5.41) is 0. The van der Waals surface area contributed by atoms with Crippen LogP contribution in [0, 0.1) is 27.7 Å². The highest BCUT2D eigenvalue weighted by atomic mass is 32.2. The zero-order valence-electron chi connectivity index (χ0n) is 14.2. The monoisotopic (exact) mass is 352 g/mol. The SMILES string of the molecule is COc1cc(C)c(S(=O)(=O)NNC(=O)c2cc(C)oc2C)cc1C. The van der Waals surface area contributed by atoms with Gasteiger partial charge < -0.3 is 9.15 Å². The van der Waals surface area contributed by atoms with Crippen molar-refractivity contribution in [3.8, 4) is 5.75 Å². The first kappa shape index (κ1) is 18.0. The molecule has 1 amide bonds. The van der Waals surface area contributed by atoms with Crippen molar-refractivity contribution in [1.82, 2.24) is 10.3 Å². The minimum atomic E-state index is -3.92. The number of rotatable bonds is 5. The molecule has 7 nitrogen and oxygen atoms in total. The number of aryl methyl sites for hydroxylation is 4. The van der Waals surface area contributed by atoms with Gasteiger partial charge in [0.05, 0.1) is 17.6 Å². The van der Waals surface area contributed by atoms with Crippen molar-refractivity contribution in [1.29, 1.82) is 0 Å². The fourth-order valence-corrected chi connectivity index (χ4v) is 3.52. The van der Waals surface area contributed by atoms with Crippen molar-refractivity contribution < 1.29 is 22.4 Å². The van der Waals surface area contributed by atoms with Gasteiger partial charge in [-0.1, -0.05) is 0 Å². The van der Waals surface area contributed by atoms with Gasteiger partial charge in [0.15, 0.2) is 0 Å². The number of nitrogens with one attached hydrogen (secondary N) is 2. The number of hydrazine groups is 1. The van der Waals surface area contributed by atoms with E-state index in [-0.39, 0.29) is 10.5 Å². The largest absolute Gasteiger partial charge is 0.496 e. The molecule has 8 heteroatoms. The molecule has 24 heavy (non-hydrogen) atoms. The summed E-state index contributed by atoms with van der Waals surface area (Å²) in [6.45, 7) is 6.74. The Balaban J connectivity index is 2.22. The third-order valence-corrected chi connectivity index (χ3v) is 4.96. The molecule has 0 radical (unpaired) electrons. The summed E-state index contributed by atoms with van der Waals surface area (Å²) in [5.74, 6) is 0.999. The number of amides is 1. The highest BCUT2D eigenvalue weighted by Crippen LogP contribution is 2.25. The average Bonchev–Trinajstić information content (AvgIpc) is 2.85. The molecule has 1 heterocycles. The second-order valence-corrected chi connectivity index (χ2v) is 7.12. The predicted molar refractivity (Wildman–Crippen MR) is 88.4 cm³/mol. The van der Waals surface area contributed by atoms with Crippen LogP contribution in [0.15, 0.2) is 27.5 Å². The number of ether oxygens (including phenoxy) is 1. The van der Waals surface area contributed by atoms with Gasteiger partial charge in [0.1, 0.15) is 17.3 Å². The third-order valence-electron chi connectivity index (χ3n) is 3.57. The minimum Gasteiger partial charge on any atom is -0.496 e. The van der Waals surface area contributed by atoms with Crippen molar-refractivity contribution >= 4 is 15.9 Å². The lowest BCUT2D eigenvalue weighted by Gasteiger charge is -2.13. The molecule has 0 aliphatic rings. The Kier molecular flexibility index (Phi) is 5.00. The van der Waals surface area contributed by atoms with Crippen molar-refractivity contribution in [2.45, 2.75) is 32.6 Å². The first-order valence-electron chi connectivity index (χ1n) is 7.20. The van der Waals surface area contributed by atoms with Crippen LogP contribution < -0.4 is 15.0 Å². The first-order valence-corrected chi connectivity index (χ1v) is 8.68. The van der Waals surface area contributed by atoms with Gasteiger partial charge in [0.25, 0.3) is 15.9 Å². The van der Waals surface area contributed by atoms with E-state index in [0.717, 1.165) is 0 Å². The highest BCUT2D eigenvalue weighted by Gasteiger charge is 2.21. The van der Waals surface area contributed by atoms with Gasteiger partial charge >= 0.3 is 0 Å². The Morgan fingerprint density at radius 2 is 1.75 bits per heavy atom. The van der Waals surface area contributed by atoms with Gasteiger partial charge in [0, 0.05) is 0 Å². The van der Waals surface area contributed by atoms with Crippen molar-refractivity contribution in [3.05, 3.63) is 46.4 Å². The number of carbonyl (C=O) groups excluding carboxylic acids is 1. The molecule has 0 fully saturated rings. The van der Waals surface area contributed by atoms with Crippen LogP contribution in [0.5, 0.6) is 5.75 Å². The van der Waals surface area contributed by atoms with Gasteiger partial charge in [0.2, 0.25) is 0 Å². The Labute approximate surface area is 141 Å². The fraction of sp³-hybridized carbons (Fsp3) is 0.312. The number of benzene rings is 1. The topological polar surface area (TPSA) is 97.6 Å². The van der Waals surface area contributed by atoms with E-state index in [1.54, 1.807) is 39.8 Å². The number of sulfonamides is 1. The van der Waals surface area contributed by atoms with E-state index < -0.39 is 15.9 Å². The lowest BCUT2D eigenvalue weighted by Crippen LogP contribution is -2.41. The van der Waals surface area contributed by atoms with E-state index in [0.29, 0.717) is 28.4 Å². The number of hydrogen-bond donors (Lipinski definition) is 2. The molecule has 0 atom stereocenters. The maximum absolute atomic E-state index is 12.4. The van der Waals surface area contributed by atoms with Crippen LogP contribution in [0.2, 0.25) is 0 Å². The lowest BCUT2D eigenvalue weighted by atomic mass is 10.1. The van der Waals surface area contributed by atoms with Gasteiger partial charge in [-0.25, -0.2) is 8.42 Å². The molecule has 1 aromatic carbocycles. The molecule has 0 saturated heterocycles. The quantitative estimate of drug-likeness (QED) is 0.804. The summed E-state index contributed by atoms with van der Waals surface area (Å²) in [6, 6.07) is 4.67. The molecule has 0 saturated carbocycles. The van der Waals surface area contributed by atoms with E-state index in [2.05, 4.69) is 10.3 Å². The summed E-state index contributed by atoms with van der Waals surface area (Å²) in [4.78, 5) is 14.3. The minimum absolute atomic E-state index is 0.0706. The van der Waals surface area contributed by atoms with E-state index in [1.807, 2.05) is 0 Å². The van der Waals surface area contributed by atoms with Gasteiger partial charge in [-0.3, -0.25) is 10.2 Å². The summed E-state index contributed by atoms with van der Waals surface area (Å²) in [5.41, 5.74) is 3.66. The third kappa shape index (κ3) is 3.60. The number of methoxy groups -OCH3 is 1. The normalized spacial score (nSPS) is 11.4. The van der Waals surface area contributed by atoms with E-state index in [1.165, 1.54) is 13.2 Å². The zero-order chi connectivity index (χ0) is 18.1. The van der Waals surface area contributed by atoms with Crippen molar-refractivity contribution in [3.63, 3.8) is 0 Å². The van der Waals surface area contributed by atoms with Crippen molar-refractivity contribution in [2.24, 2.45) is 0 Å². The predicted octanol–water partition coefficient (Wildman–Crippen LogP) is 2.15. The number of hydrogen-bond acceptors (Lipinski definition) is 5. The van der Waals surface area contributed by atoms with E-state index in [4.69, 9.17) is 9.15 Å². The Hall–Kier alpha value is -2.32. The summed E-state index contributed by atoms with van der Waals surface area (Å²) < 4.78 is 35.3. The Morgan fingerprint density at radius 1 is 1.08 bits per heavy atom. The summed E-state index contributed by atoms with van der Waals surface area (Å²) in [7, 11) is -2.40. The molecule has 2 N–H and O–H groups in total. The smallest absolute Gasteiger partial charge is 0.269 e. The molecule has 130 valence electrons. The van der Waals surface area contributed by atoms with Crippen molar-refractivity contribution in [2.75, 3.05) is 7.11 Å². The summed E-state index contributed by atoms with van der Waals surface area (Å²) >= 11 is 0. The second-order valence-electron chi connectivity index (χ2n) is 5.47. The lowest BCUT2D eigenvalue weighted by molar-refractivity contribution is 0.0943. The molecule has 0 bridgehead atoms. The van der Waals surface area contributed by atoms with Crippen LogP contribution in [-0.4, -0.2) is 21.4 Å². The maximum atomic E-state index is 12.4.